The molecule has 0 saturated carbocycles. The van der Waals surface area contributed by atoms with Crippen molar-refractivity contribution in [2.24, 2.45) is 11.3 Å². The lowest BCUT2D eigenvalue weighted by atomic mass is 9.82. The van der Waals surface area contributed by atoms with Gasteiger partial charge in [0.2, 0.25) is 0 Å². The third kappa shape index (κ3) is 2.79. The van der Waals surface area contributed by atoms with Gasteiger partial charge in [0.05, 0.1) is 5.56 Å². The van der Waals surface area contributed by atoms with E-state index < -0.39 is 0 Å². The molecular formula is C13H20N4O. The zero-order chi connectivity index (χ0) is 13.2. The summed E-state index contributed by atoms with van der Waals surface area (Å²) < 4.78 is 0. The molecule has 0 radical (unpaired) electrons. The van der Waals surface area contributed by atoms with E-state index in [9.17, 15) is 4.79 Å². The summed E-state index contributed by atoms with van der Waals surface area (Å²) in [6.07, 6.45) is 3.67. The van der Waals surface area contributed by atoms with Crippen LogP contribution in [0.4, 0.5) is 5.82 Å². The maximum atomic E-state index is 12.2. The van der Waals surface area contributed by atoms with Gasteiger partial charge in [0, 0.05) is 19.3 Å². The lowest BCUT2D eigenvalue weighted by Gasteiger charge is -2.36. The molecule has 5 heteroatoms. The summed E-state index contributed by atoms with van der Waals surface area (Å²) in [5.41, 5.74) is 3.42. The Balaban J connectivity index is 2.03. The smallest absolute Gasteiger partial charge is 0.255 e. The van der Waals surface area contributed by atoms with Crippen LogP contribution in [0.25, 0.3) is 0 Å². The van der Waals surface area contributed by atoms with Crippen LogP contribution in [0.2, 0.25) is 0 Å². The molecule has 0 aliphatic carbocycles. The molecular weight excluding hydrogens is 228 g/mol. The number of hydrogen-bond acceptors (Lipinski definition) is 4. The Hall–Kier alpha value is -1.62. The second-order valence-electron chi connectivity index (χ2n) is 5.53. The molecule has 1 saturated heterocycles. The molecule has 0 unspecified atom stereocenters. The molecule has 5 nitrogen and oxygen atoms in total. The molecule has 2 rings (SSSR count). The van der Waals surface area contributed by atoms with E-state index in [1.165, 1.54) is 0 Å². The minimum atomic E-state index is 0.0570. The molecule has 0 bridgehead atoms. The number of nitrogens with zero attached hydrogens (tertiary/aromatic N) is 2. The highest BCUT2D eigenvalue weighted by atomic mass is 16.2. The van der Waals surface area contributed by atoms with Crippen molar-refractivity contribution < 1.29 is 4.79 Å². The molecule has 1 aliphatic rings. The molecule has 1 aromatic rings. The summed E-state index contributed by atoms with van der Waals surface area (Å²) in [6, 6.07) is 3.46. The number of carbonyl (C=O) groups excluding carboxylic acids is 1. The van der Waals surface area contributed by atoms with Gasteiger partial charge in [-0.05, 0) is 30.4 Å². The number of piperidine rings is 1. The van der Waals surface area contributed by atoms with E-state index >= 15 is 0 Å². The van der Waals surface area contributed by atoms with Gasteiger partial charge in [-0.25, -0.2) is 10.8 Å². The van der Waals surface area contributed by atoms with Crippen molar-refractivity contribution in [3.05, 3.63) is 23.9 Å². The Morgan fingerprint density at radius 1 is 1.39 bits per heavy atom. The maximum Gasteiger partial charge on any atom is 0.255 e. The van der Waals surface area contributed by atoms with Crippen LogP contribution in [0.1, 0.15) is 37.0 Å². The van der Waals surface area contributed by atoms with Crippen LogP contribution in [-0.4, -0.2) is 28.9 Å². The SMILES string of the molecule is CC1(C)CCN(C(=O)c2ccc(NN)nc2)CC1. The van der Waals surface area contributed by atoms with E-state index in [4.69, 9.17) is 5.84 Å². The lowest BCUT2D eigenvalue weighted by molar-refractivity contribution is 0.0630. The third-order valence-corrected chi connectivity index (χ3v) is 3.56. The van der Waals surface area contributed by atoms with Gasteiger partial charge in [-0.15, -0.1) is 0 Å². The summed E-state index contributed by atoms with van der Waals surface area (Å²) in [5, 5.41) is 0. The summed E-state index contributed by atoms with van der Waals surface area (Å²) >= 11 is 0. The average molecular weight is 248 g/mol. The molecule has 98 valence electrons. The van der Waals surface area contributed by atoms with E-state index in [1.54, 1.807) is 18.3 Å². The van der Waals surface area contributed by atoms with Crippen molar-refractivity contribution >= 4 is 11.7 Å². The highest BCUT2D eigenvalue weighted by molar-refractivity contribution is 5.94. The number of aromatic nitrogens is 1. The number of rotatable bonds is 2. The first-order valence-corrected chi connectivity index (χ1v) is 6.24. The van der Waals surface area contributed by atoms with E-state index in [2.05, 4.69) is 24.3 Å². The number of nitrogens with one attached hydrogen (secondary N) is 1. The molecule has 1 fully saturated rings. The Kier molecular flexibility index (Phi) is 3.52. The quantitative estimate of drug-likeness (QED) is 0.616. The van der Waals surface area contributed by atoms with E-state index in [-0.39, 0.29) is 5.91 Å². The van der Waals surface area contributed by atoms with Gasteiger partial charge in [-0.3, -0.25) is 4.79 Å². The van der Waals surface area contributed by atoms with Crippen LogP contribution >= 0.6 is 0 Å². The van der Waals surface area contributed by atoms with Gasteiger partial charge in [0.1, 0.15) is 5.82 Å². The fourth-order valence-corrected chi connectivity index (χ4v) is 2.10. The topological polar surface area (TPSA) is 71.2 Å². The molecule has 0 aromatic carbocycles. The largest absolute Gasteiger partial charge is 0.339 e. The lowest BCUT2D eigenvalue weighted by Crippen LogP contribution is -2.41. The Bertz CT molecular complexity index is 417. The van der Waals surface area contributed by atoms with Crippen molar-refractivity contribution in [2.45, 2.75) is 26.7 Å². The first kappa shape index (κ1) is 12.8. The Morgan fingerprint density at radius 2 is 2.06 bits per heavy atom. The number of nitrogens with two attached hydrogens (primary N) is 1. The standard InChI is InChI=1S/C13H20N4O/c1-13(2)5-7-17(8-6-13)12(18)10-3-4-11(16-14)15-9-10/h3-4,9H,5-8,14H2,1-2H3,(H,15,16). The Labute approximate surface area is 107 Å². The third-order valence-electron chi connectivity index (χ3n) is 3.56. The Morgan fingerprint density at radius 3 is 2.56 bits per heavy atom. The van der Waals surface area contributed by atoms with Crippen LogP contribution in [0.5, 0.6) is 0 Å². The normalized spacial score (nSPS) is 18.5. The molecule has 1 aliphatic heterocycles. The number of nitrogen functional groups attached to an aromatic ring is 1. The predicted molar refractivity (Wildman–Crippen MR) is 71.0 cm³/mol. The molecule has 1 amide bonds. The van der Waals surface area contributed by atoms with Gasteiger partial charge < -0.3 is 10.3 Å². The van der Waals surface area contributed by atoms with Crippen LogP contribution in [0.15, 0.2) is 18.3 Å². The number of likely N-dealkylation sites (tertiary alicyclic amines) is 1. The predicted octanol–water partition coefficient (Wildman–Crippen LogP) is 1.63. The van der Waals surface area contributed by atoms with Crippen LogP contribution in [-0.2, 0) is 0 Å². The fraction of sp³-hybridized carbons (Fsp3) is 0.538. The summed E-state index contributed by atoms with van der Waals surface area (Å²) in [5.74, 6) is 5.86. The van der Waals surface area contributed by atoms with Gasteiger partial charge >= 0.3 is 0 Å². The van der Waals surface area contributed by atoms with Gasteiger partial charge in [0.15, 0.2) is 0 Å². The summed E-state index contributed by atoms with van der Waals surface area (Å²) in [7, 11) is 0. The monoisotopic (exact) mass is 248 g/mol. The number of hydrazine groups is 1. The number of pyridine rings is 1. The zero-order valence-corrected chi connectivity index (χ0v) is 10.9. The van der Waals surface area contributed by atoms with Crippen LogP contribution in [0, 0.1) is 5.41 Å². The van der Waals surface area contributed by atoms with E-state index in [0.29, 0.717) is 16.8 Å². The molecule has 18 heavy (non-hydrogen) atoms. The van der Waals surface area contributed by atoms with Crippen molar-refractivity contribution in [1.29, 1.82) is 0 Å². The van der Waals surface area contributed by atoms with Gasteiger partial charge in [-0.2, -0.15) is 0 Å². The molecule has 0 spiro atoms. The molecule has 3 N–H and O–H groups in total. The highest BCUT2D eigenvalue weighted by Crippen LogP contribution is 2.30. The van der Waals surface area contributed by atoms with Crippen LogP contribution in [0.3, 0.4) is 0 Å². The highest BCUT2D eigenvalue weighted by Gasteiger charge is 2.28. The fourth-order valence-electron chi connectivity index (χ4n) is 2.10. The van der Waals surface area contributed by atoms with Crippen molar-refractivity contribution in [2.75, 3.05) is 18.5 Å². The number of carbonyl (C=O) groups is 1. The van der Waals surface area contributed by atoms with Crippen molar-refractivity contribution in [1.82, 2.24) is 9.88 Å². The number of amides is 1. The number of anilines is 1. The van der Waals surface area contributed by atoms with Crippen molar-refractivity contribution in [3.63, 3.8) is 0 Å². The van der Waals surface area contributed by atoms with Gasteiger partial charge in [0.25, 0.3) is 5.91 Å². The van der Waals surface area contributed by atoms with Crippen molar-refractivity contribution in [3.8, 4) is 0 Å². The minimum absolute atomic E-state index is 0.0570. The second-order valence-corrected chi connectivity index (χ2v) is 5.53. The molecule has 2 heterocycles. The molecule has 1 aromatic heterocycles. The summed E-state index contributed by atoms with van der Waals surface area (Å²) in [6.45, 7) is 6.14. The molecule has 0 atom stereocenters. The number of hydrogen-bond donors (Lipinski definition) is 2. The average Bonchev–Trinajstić information content (AvgIpc) is 2.38. The van der Waals surface area contributed by atoms with Gasteiger partial charge in [-0.1, -0.05) is 13.8 Å². The van der Waals surface area contributed by atoms with Crippen LogP contribution < -0.4 is 11.3 Å². The van der Waals surface area contributed by atoms with E-state index in [0.717, 1.165) is 25.9 Å². The first-order chi connectivity index (χ1) is 8.52. The second kappa shape index (κ2) is 4.94. The zero-order valence-electron chi connectivity index (χ0n) is 10.9. The first-order valence-electron chi connectivity index (χ1n) is 6.24. The van der Waals surface area contributed by atoms with E-state index in [1.807, 2.05) is 4.90 Å². The minimum Gasteiger partial charge on any atom is -0.339 e. The summed E-state index contributed by atoms with van der Waals surface area (Å²) in [4.78, 5) is 18.2. The maximum absolute atomic E-state index is 12.2.